The fraction of sp³-hybridized carbons (Fsp3) is 0.235. The van der Waals surface area contributed by atoms with Crippen LogP contribution >= 0.6 is 0 Å². The van der Waals surface area contributed by atoms with Crippen molar-refractivity contribution >= 4 is 17.3 Å². The summed E-state index contributed by atoms with van der Waals surface area (Å²) in [6, 6.07) is 10.6. The van der Waals surface area contributed by atoms with Crippen LogP contribution < -0.4 is 25.3 Å². The van der Waals surface area contributed by atoms with Crippen LogP contribution in [0.1, 0.15) is 5.56 Å². The summed E-state index contributed by atoms with van der Waals surface area (Å²) in [5.74, 6) is 1.27. The Morgan fingerprint density at radius 1 is 1.04 bits per heavy atom. The minimum absolute atomic E-state index is 0.162. The Morgan fingerprint density at radius 2 is 1.70 bits per heavy atom. The Morgan fingerprint density at radius 3 is 2.22 bits per heavy atom. The van der Waals surface area contributed by atoms with Gasteiger partial charge in [0.25, 0.3) is 0 Å². The lowest BCUT2D eigenvalue weighted by Crippen LogP contribution is -2.14. The minimum Gasteiger partial charge on any atom is -0.493 e. The highest BCUT2D eigenvalue weighted by Gasteiger charge is 2.14. The van der Waals surface area contributed by atoms with Gasteiger partial charge >= 0.3 is 0 Å². The maximum absolute atomic E-state index is 12.2. The molecule has 0 saturated heterocycles. The fourth-order valence-corrected chi connectivity index (χ4v) is 2.25. The molecule has 0 spiro atoms. The summed E-state index contributed by atoms with van der Waals surface area (Å²) in [6.07, 6.45) is 0.224. The molecule has 0 fully saturated rings. The number of nitrogens with two attached hydrogens (primary N) is 1. The summed E-state index contributed by atoms with van der Waals surface area (Å²) in [7, 11) is 4.57. The third-order valence-corrected chi connectivity index (χ3v) is 3.26. The smallest absolute Gasteiger partial charge is 0.228 e. The lowest BCUT2D eigenvalue weighted by atomic mass is 10.1. The number of ether oxygens (including phenoxy) is 3. The van der Waals surface area contributed by atoms with Crippen molar-refractivity contribution in [2.75, 3.05) is 32.4 Å². The van der Waals surface area contributed by atoms with Gasteiger partial charge in [0.2, 0.25) is 11.7 Å². The summed E-state index contributed by atoms with van der Waals surface area (Å²) in [4.78, 5) is 12.2. The maximum Gasteiger partial charge on any atom is 0.228 e. The molecule has 0 radical (unpaired) electrons. The van der Waals surface area contributed by atoms with Crippen LogP contribution in [0.4, 0.5) is 11.4 Å². The van der Waals surface area contributed by atoms with Gasteiger partial charge < -0.3 is 25.3 Å². The van der Waals surface area contributed by atoms with Gasteiger partial charge in [-0.05, 0) is 17.7 Å². The molecule has 23 heavy (non-hydrogen) atoms. The highest BCUT2D eigenvalue weighted by atomic mass is 16.5. The molecule has 122 valence electrons. The van der Waals surface area contributed by atoms with E-state index >= 15 is 0 Å². The van der Waals surface area contributed by atoms with Crippen LogP contribution in [0.5, 0.6) is 17.2 Å². The van der Waals surface area contributed by atoms with Crippen LogP contribution in [-0.2, 0) is 11.2 Å². The molecule has 1 amide bonds. The van der Waals surface area contributed by atoms with Gasteiger partial charge in [0.05, 0.1) is 27.8 Å². The molecule has 3 N–H and O–H groups in total. The number of carbonyl (C=O) groups is 1. The third-order valence-electron chi connectivity index (χ3n) is 3.26. The number of hydrogen-bond donors (Lipinski definition) is 2. The average Bonchev–Trinajstić information content (AvgIpc) is 2.53. The molecule has 2 aromatic rings. The Hall–Kier alpha value is -2.89. The predicted octanol–water partition coefficient (Wildman–Crippen LogP) is 2.48. The van der Waals surface area contributed by atoms with Gasteiger partial charge in [-0.25, -0.2) is 0 Å². The zero-order valence-electron chi connectivity index (χ0n) is 13.4. The van der Waals surface area contributed by atoms with Crippen molar-refractivity contribution in [1.82, 2.24) is 0 Å². The molecule has 0 aliphatic carbocycles. The van der Waals surface area contributed by atoms with Crippen molar-refractivity contribution in [1.29, 1.82) is 0 Å². The monoisotopic (exact) mass is 316 g/mol. The molecule has 2 aromatic carbocycles. The lowest BCUT2D eigenvalue weighted by Gasteiger charge is -2.14. The Bertz CT molecular complexity index is 676. The van der Waals surface area contributed by atoms with Crippen LogP contribution in [-0.4, -0.2) is 27.2 Å². The zero-order valence-corrected chi connectivity index (χ0v) is 13.4. The number of hydrogen-bond acceptors (Lipinski definition) is 5. The Labute approximate surface area is 135 Å². The van der Waals surface area contributed by atoms with Gasteiger partial charge in [0.1, 0.15) is 0 Å². The van der Waals surface area contributed by atoms with Gasteiger partial charge in [-0.1, -0.05) is 12.1 Å². The second-order valence-corrected chi connectivity index (χ2v) is 4.88. The first-order valence-electron chi connectivity index (χ1n) is 7.01. The molecular weight excluding hydrogens is 296 g/mol. The van der Waals surface area contributed by atoms with Crippen molar-refractivity contribution < 1.29 is 19.0 Å². The van der Waals surface area contributed by atoms with E-state index in [1.54, 1.807) is 24.3 Å². The number of amides is 1. The topological polar surface area (TPSA) is 82.8 Å². The molecule has 0 bridgehead atoms. The van der Waals surface area contributed by atoms with E-state index in [4.69, 9.17) is 19.9 Å². The number of carbonyl (C=O) groups excluding carboxylic acids is 1. The SMILES string of the molecule is COc1cc(NC(=O)Cc2cccc(N)c2)cc(OC)c1OC. The zero-order chi connectivity index (χ0) is 16.8. The first-order valence-corrected chi connectivity index (χ1v) is 7.01. The second kappa shape index (κ2) is 7.40. The van der Waals surface area contributed by atoms with E-state index in [1.807, 2.05) is 12.1 Å². The quantitative estimate of drug-likeness (QED) is 0.800. The summed E-state index contributed by atoms with van der Waals surface area (Å²) < 4.78 is 15.8. The normalized spacial score (nSPS) is 10.0. The summed E-state index contributed by atoms with van der Waals surface area (Å²) in [5, 5.41) is 2.82. The van der Waals surface area contributed by atoms with Crippen LogP contribution in [0.25, 0.3) is 0 Å². The summed E-state index contributed by atoms with van der Waals surface area (Å²) in [5.41, 5.74) is 7.75. The van der Waals surface area contributed by atoms with Crippen LogP contribution in [0, 0.1) is 0 Å². The van der Waals surface area contributed by atoms with E-state index in [0.717, 1.165) is 5.56 Å². The fourth-order valence-electron chi connectivity index (χ4n) is 2.25. The summed E-state index contributed by atoms with van der Waals surface area (Å²) >= 11 is 0. The standard InChI is InChI=1S/C17H20N2O4/c1-21-14-9-13(10-15(22-2)17(14)23-3)19-16(20)8-11-5-4-6-12(18)7-11/h4-7,9-10H,8,18H2,1-3H3,(H,19,20). The first kappa shape index (κ1) is 16.5. The van der Waals surface area contributed by atoms with Gasteiger partial charge in [0.15, 0.2) is 11.5 Å². The van der Waals surface area contributed by atoms with E-state index in [-0.39, 0.29) is 12.3 Å². The lowest BCUT2D eigenvalue weighted by molar-refractivity contribution is -0.115. The number of benzene rings is 2. The number of nitrogens with one attached hydrogen (secondary N) is 1. The van der Waals surface area contributed by atoms with E-state index < -0.39 is 0 Å². The van der Waals surface area contributed by atoms with Gasteiger partial charge in [-0.15, -0.1) is 0 Å². The first-order chi connectivity index (χ1) is 11.1. The van der Waals surface area contributed by atoms with Crippen molar-refractivity contribution in [3.63, 3.8) is 0 Å². The van der Waals surface area contributed by atoms with Crippen LogP contribution in [0.15, 0.2) is 36.4 Å². The predicted molar refractivity (Wildman–Crippen MR) is 89.3 cm³/mol. The van der Waals surface area contributed by atoms with Crippen molar-refractivity contribution in [3.8, 4) is 17.2 Å². The summed E-state index contributed by atoms with van der Waals surface area (Å²) in [6.45, 7) is 0. The van der Waals surface area contributed by atoms with Crippen LogP contribution in [0.3, 0.4) is 0 Å². The Kier molecular flexibility index (Phi) is 5.30. The van der Waals surface area contributed by atoms with Crippen molar-refractivity contribution in [2.45, 2.75) is 6.42 Å². The van der Waals surface area contributed by atoms with Gasteiger partial charge in [-0.3, -0.25) is 4.79 Å². The number of nitrogen functional groups attached to an aromatic ring is 1. The van der Waals surface area contributed by atoms with E-state index in [9.17, 15) is 4.79 Å². The number of anilines is 2. The van der Waals surface area contributed by atoms with E-state index in [0.29, 0.717) is 28.6 Å². The molecule has 2 rings (SSSR count). The van der Waals surface area contributed by atoms with Crippen molar-refractivity contribution in [2.24, 2.45) is 0 Å². The van der Waals surface area contributed by atoms with E-state index in [2.05, 4.69) is 5.32 Å². The molecule has 0 atom stereocenters. The van der Waals surface area contributed by atoms with Gasteiger partial charge in [-0.2, -0.15) is 0 Å². The molecule has 0 aliphatic rings. The van der Waals surface area contributed by atoms with E-state index in [1.165, 1.54) is 21.3 Å². The molecule has 0 saturated carbocycles. The molecule has 6 nitrogen and oxygen atoms in total. The van der Waals surface area contributed by atoms with Gasteiger partial charge in [0, 0.05) is 23.5 Å². The van der Waals surface area contributed by atoms with Crippen molar-refractivity contribution in [3.05, 3.63) is 42.0 Å². The molecule has 0 aromatic heterocycles. The maximum atomic E-state index is 12.2. The average molecular weight is 316 g/mol. The molecule has 6 heteroatoms. The number of methoxy groups -OCH3 is 3. The molecule has 0 heterocycles. The molecule has 0 aliphatic heterocycles. The largest absolute Gasteiger partial charge is 0.493 e. The highest BCUT2D eigenvalue weighted by molar-refractivity contribution is 5.93. The second-order valence-electron chi connectivity index (χ2n) is 4.88. The third kappa shape index (κ3) is 4.06. The highest BCUT2D eigenvalue weighted by Crippen LogP contribution is 2.39. The molecule has 0 unspecified atom stereocenters. The Balaban J connectivity index is 2.17. The van der Waals surface area contributed by atoms with Crippen LogP contribution in [0.2, 0.25) is 0 Å². The number of rotatable bonds is 6. The molecular formula is C17H20N2O4. The minimum atomic E-state index is -0.162.